The van der Waals surface area contributed by atoms with Crippen molar-refractivity contribution in [3.05, 3.63) is 35.6 Å². The highest BCUT2D eigenvalue weighted by Crippen LogP contribution is 2.38. The second-order valence-electron chi connectivity index (χ2n) is 4.95. The van der Waals surface area contributed by atoms with Crippen LogP contribution in [0.3, 0.4) is 0 Å². The molecule has 3 nitrogen and oxygen atoms in total. The molecular formula is C14H18FNO2. The number of benzene rings is 1. The lowest BCUT2D eigenvalue weighted by atomic mass is 9.77. The first-order valence-corrected chi connectivity index (χ1v) is 6.32. The number of rotatable bonds is 5. The van der Waals surface area contributed by atoms with E-state index in [2.05, 4.69) is 5.32 Å². The minimum absolute atomic E-state index is 0.00505. The van der Waals surface area contributed by atoms with Crippen LogP contribution in [0.1, 0.15) is 37.8 Å². The van der Waals surface area contributed by atoms with Crippen molar-refractivity contribution < 1.29 is 14.3 Å². The SMILES string of the molecule is CC(NC(c1ccc(F)cc1)C1CCC1)C(=O)O. The van der Waals surface area contributed by atoms with Crippen molar-refractivity contribution in [2.75, 3.05) is 0 Å². The number of carbonyl (C=O) groups is 1. The number of hydrogen-bond acceptors (Lipinski definition) is 2. The van der Waals surface area contributed by atoms with Gasteiger partial charge in [-0.25, -0.2) is 4.39 Å². The molecule has 0 bridgehead atoms. The van der Waals surface area contributed by atoms with Gasteiger partial charge in [-0.05, 0) is 43.4 Å². The zero-order chi connectivity index (χ0) is 13.1. The standard InChI is InChI=1S/C14H18FNO2/c1-9(14(17)18)16-13(10-3-2-4-10)11-5-7-12(15)8-6-11/h5-10,13,16H,2-4H2,1H3,(H,17,18). The zero-order valence-corrected chi connectivity index (χ0v) is 10.4. The summed E-state index contributed by atoms with van der Waals surface area (Å²) >= 11 is 0. The van der Waals surface area contributed by atoms with Gasteiger partial charge in [0.25, 0.3) is 0 Å². The topological polar surface area (TPSA) is 49.3 Å². The van der Waals surface area contributed by atoms with Crippen LogP contribution in [0, 0.1) is 11.7 Å². The van der Waals surface area contributed by atoms with Crippen LogP contribution in [0.15, 0.2) is 24.3 Å². The highest BCUT2D eigenvalue weighted by Gasteiger charge is 2.30. The third-order valence-electron chi connectivity index (χ3n) is 3.65. The average Bonchev–Trinajstić information content (AvgIpc) is 2.26. The quantitative estimate of drug-likeness (QED) is 0.846. The van der Waals surface area contributed by atoms with Crippen molar-refractivity contribution >= 4 is 5.97 Å². The van der Waals surface area contributed by atoms with E-state index in [4.69, 9.17) is 5.11 Å². The van der Waals surface area contributed by atoms with E-state index in [0.717, 1.165) is 18.4 Å². The molecule has 2 rings (SSSR count). The summed E-state index contributed by atoms with van der Waals surface area (Å²) in [5.74, 6) is -0.670. The van der Waals surface area contributed by atoms with Gasteiger partial charge in [-0.2, -0.15) is 0 Å². The molecule has 1 aliphatic rings. The van der Waals surface area contributed by atoms with Crippen molar-refractivity contribution in [1.29, 1.82) is 0 Å². The largest absolute Gasteiger partial charge is 0.480 e. The number of halogens is 1. The van der Waals surface area contributed by atoms with Crippen LogP contribution >= 0.6 is 0 Å². The maximum atomic E-state index is 12.9. The number of aliphatic carboxylic acids is 1. The Balaban J connectivity index is 2.14. The van der Waals surface area contributed by atoms with Crippen LogP contribution in [0.5, 0.6) is 0 Å². The second kappa shape index (κ2) is 5.48. The Morgan fingerprint density at radius 3 is 2.44 bits per heavy atom. The Morgan fingerprint density at radius 1 is 1.39 bits per heavy atom. The minimum atomic E-state index is -0.860. The first kappa shape index (κ1) is 13.0. The fourth-order valence-electron chi connectivity index (χ4n) is 2.29. The Bertz CT molecular complexity index is 414. The summed E-state index contributed by atoms with van der Waals surface area (Å²) in [4.78, 5) is 10.9. The molecule has 0 radical (unpaired) electrons. The first-order valence-electron chi connectivity index (χ1n) is 6.32. The van der Waals surface area contributed by atoms with Gasteiger partial charge in [0.2, 0.25) is 0 Å². The summed E-state index contributed by atoms with van der Waals surface area (Å²) in [7, 11) is 0. The van der Waals surface area contributed by atoms with Crippen LogP contribution in [0.4, 0.5) is 4.39 Å². The molecule has 1 saturated carbocycles. The van der Waals surface area contributed by atoms with Gasteiger partial charge in [0.15, 0.2) is 0 Å². The van der Waals surface area contributed by atoms with Gasteiger partial charge in [0.1, 0.15) is 11.9 Å². The normalized spacial score (nSPS) is 19.0. The van der Waals surface area contributed by atoms with Gasteiger partial charge >= 0.3 is 5.97 Å². The molecule has 98 valence electrons. The number of hydrogen-bond donors (Lipinski definition) is 2. The van der Waals surface area contributed by atoms with E-state index < -0.39 is 12.0 Å². The highest BCUT2D eigenvalue weighted by atomic mass is 19.1. The molecule has 0 saturated heterocycles. The van der Waals surface area contributed by atoms with Crippen molar-refractivity contribution in [2.45, 2.75) is 38.3 Å². The lowest BCUT2D eigenvalue weighted by Gasteiger charge is -2.35. The van der Waals surface area contributed by atoms with Gasteiger partial charge in [-0.3, -0.25) is 10.1 Å². The zero-order valence-electron chi connectivity index (χ0n) is 10.4. The summed E-state index contributed by atoms with van der Waals surface area (Å²) in [6.07, 6.45) is 3.38. The average molecular weight is 251 g/mol. The Hall–Kier alpha value is -1.42. The van der Waals surface area contributed by atoms with Gasteiger partial charge in [-0.15, -0.1) is 0 Å². The van der Waals surface area contributed by atoms with Crippen LogP contribution in [-0.4, -0.2) is 17.1 Å². The molecule has 1 aromatic carbocycles. The van der Waals surface area contributed by atoms with E-state index in [1.165, 1.54) is 18.6 Å². The van der Waals surface area contributed by atoms with Crippen LogP contribution in [0.2, 0.25) is 0 Å². The fraction of sp³-hybridized carbons (Fsp3) is 0.500. The molecule has 2 atom stereocenters. The van der Waals surface area contributed by atoms with Gasteiger partial charge in [-0.1, -0.05) is 18.6 Å². The molecule has 0 spiro atoms. The Kier molecular flexibility index (Phi) is 3.97. The third kappa shape index (κ3) is 2.88. The van der Waals surface area contributed by atoms with Crippen molar-refractivity contribution in [3.8, 4) is 0 Å². The molecule has 1 aromatic rings. The molecule has 18 heavy (non-hydrogen) atoms. The van der Waals surface area contributed by atoms with E-state index in [-0.39, 0.29) is 11.9 Å². The maximum absolute atomic E-state index is 12.9. The van der Waals surface area contributed by atoms with Crippen molar-refractivity contribution in [2.24, 2.45) is 5.92 Å². The maximum Gasteiger partial charge on any atom is 0.320 e. The first-order chi connectivity index (χ1) is 8.58. The molecule has 2 N–H and O–H groups in total. The van der Waals surface area contributed by atoms with E-state index >= 15 is 0 Å². The van der Waals surface area contributed by atoms with Gasteiger partial charge in [0, 0.05) is 6.04 Å². The highest BCUT2D eigenvalue weighted by molar-refractivity contribution is 5.72. The smallest absolute Gasteiger partial charge is 0.320 e. The second-order valence-corrected chi connectivity index (χ2v) is 4.95. The molecule has 1 aliphatic carbocycles. The molecule has 1 fully saturated rings. The summed E-state index contributed by atoms with van der Waals surface area (Å²) in [5.41, 5.74) is 0.967. The molecule has 0 amide bonds. The van der Waals surface area contributed by atoms with Crippen LogP contribution in [0.25, 0.3) is 0 Å². The predicted octanol–water partition coefficient (Wildman–Crippen LogP) is 2.73. The number of carboxylic acids is 1. The molecular weight excluding hydrogens is 233 g/mol. The summed E-state index contributed by atoms with van der Waals surface area (Å²) in [6, 6.07) is 5.73. The summed E-state index contributed by atoms with van der Waals surface area (Å²) < 4.78 is 12.9. The van der Waals surface area contributed by atoms with Gasteiger partial charge < -0.3 is 5.11 Å². The Morgan fingerprint density at radius 2 is 2.00 bits per heavy atom. The molecule has 0 heterocycles. The van der Waals surface area contributed by atoms with E-state index in [9.17, 15) is 9.18 Å². The predicted molar refractivity (Wildman–Crippen MR) is 66.7 cm³/mol. The molecule has 4 heteroatoms. The summed E-state index contributed by atoms with van der Waals surface area (Å²) in [5, 5.41) is 12.1. The molecule has 2 unspecified atom stereocenters. The van der Waals surface area contributed by atoms with Gasteiger partial charge in [0.05, 0.1) is 0 Å². The summed E-state index contributed by atoms with van der Waals surface area (Å²) in [6.45, 7) is 1.64. The van der Waals surface area contributed by atoms with E-state index in [1.54, 1.807) is 19.1 Å². The van der Waals surface area contributed by atoms with Crippen LogP contribution < -0.4 is 5.32 Å². The monoisotopic (exact) mass is 251 g/mol. The lowest BCUT2D eigenvalue weighted by molar-refractivity contribution is -0.139. The van der Waals surface area contributed by atoms with E-state index in [0.29, 0.717) is 5.92 Å². The molecule has 0 aromatic heterocycles. The van der Waals surface area contributed by atoms with Crippen LogP contribution in [-0.2, 0) is 4.79 Å². The fourth-order valence-corrected chi connectivity index (χ4v) is 2.29. The van der Waals surface area contributed by atoms with Crippen molar-refractivity contribution in [3.63, 3.8) is 0 Å². The number of nitrogens with one attached hydrogen (secondary N) is 1. The lowest BCUT2D eigenvalue weighted by Crippen LogP contribution is -2.41. The number of carboxylic acid groups (broad SMARTS) is 1. The molecule has 0 aliphatic heterocycles. The minimum Gasteiger partial charge on any atom is -0.480 e. The van der Waals surface area contributed by atoms with Crippen molar-refractivity contribution in [1.82, 2.24) is 5.32 Å². The third-order valence-corrected chi connectivity index (χ3v) is 3.65. The van der Waals surface area contributed by atoms with E-state index in [1.807, 2.05) is 0 Å². The Labute approximate surface area is 106 Å².